The zero-order valence-electron chi connectivity index (χ0n) is 14.8. The van der Waals surface area contributed by atoms with Crippen LogP contribution in [0.1, 0.15) is 22.5 Å². The molecule has 0 spiro atoms. The van der Waals surface area contributed by atoms with Crippen molar-refractivity contribution in [1.29, 1.82) is 5.26 Å². The lowest BCUT2D eigenvalue weighted by Gasteiger charge is -2.26. The maximum atomic E-state index is 12.4. The molecule has 2 aromatic heterocycles. The molecule has 1 amide bonds. The van der Waals surface area contributed by atoms with E-state index in [1.165, 1.54) is 12.4 Å². The summed E-state index contributed by atoms with van der Waals surface area (Å²) in [6.07, 6.45) is 1.92. The SMILES string of the molecule is CS(=O)(=O)Nc1nc(C(=O)NC(Cc2ccncc2)C(O)C(O)CC#N)co1. The number of aromatic nitrogens is 2. The van der Waals surface area contributed by atoms with Crippen LogP contribution in [0, 0.1) is 11.3 Å². The molecule has 150 valence electrons. The molecule has 12 heteroatoms. The smallest absolute Gasteiger partial charge is 0.309 e. The average Bonchev–Trinajstić information content (AvgIpc) is 3.08. The molecule has 0 fully saturated rings. The number of hydrogen-bond donors (Lipinski definition) is 4. The quantitative estimate of drug-likeness (QED) is 0.421. The van der Waals surface area contributed by atoms with Crippen molar-refractivity contribution < 1.29 is 27.8 Å². The highest BCUT2D eigenvalue weighted by molar-refractivity contribution is 7.91. The highest BCUT2D eigenvalue weighted by atomic mass is 32.2. The summed E-state index contributed by atoms with van der Waals surface area (Å²) >= 11 is 0. The van der Waals surface area contributed by atoms with Crippen LogP contribution in [0.5, 0.6) is 0 Å². The van der Waals surface area contributed by atoms with Crippen molar-refractivity contribution in [2.75, 3.05) is 11.0 Å². The third-order valence-electron chi connectivity index (χ3n) is 3.64. The first-order chi connectivity index (χ1) is 13.2. The van der Waals surface area contributed by atoms with Crippen molar-refractivity contribution in [2.45, 2.75) is 31.1 Å². The summed E-state index contributed by atoms with van der Waals surface area (Å²) in [5.74, 6) is -0.757. The molecule has 2 rings (SSSR count). The molecule has 0 radical (unpaired) electrons. The second-order valence-electron chi connectivity index (χ2n) is 5.97. The Kier molecular flexibility index (Phi) is 7.05. The Morgan fingerprint density at radius 3 is 2.64 bits per heavy atom. The van der Waals surface area contributed by atoms with Crippen molar-refractivity contribution in [3.8, 4) is 6.07 Å². The van der Waals surface area contributed by atoms with Gasteiger partial charge in [0.15, 0.2) is 5.69 Å². The summed E-state index contributed by atoms with van der Waals surface area (Å²) in [4.78, 5) is 20.0. The average molecular weight is 409 g/mol. The van der Waals surface area contributed by atoms with Crippen LogP contribution in [0.3, 0.4) is 0 Å². The minimum atomic E-state index is -3.63. The van der Waals surface area contributed by atoms with Gasteiger partial charge in [-0.25, -0.2) is 13.1 Å². The van der Waals surface area contributed by atoms with Crippen molar-refractivity contribution in [3.63, 3.8) is 0 Å². The van der Waals surface area contributed by atoms with Gasteiger partial charge in [0.05, 0.1) is 30.9 Å². The molecule has 4 N–H and O–H groups in total. The minimum absolute atomic E-state index is 0.143. The molecule has 11 nitrogen and oxygen atoms in total. The van der Waals surface area contributed by atoms with E-state index in [0.717, 1.165) is 18.1 Å². The topological polar surface area (TPSA) is 178 Å². The van der Waals surface area contributed by atoms with Gasteiger partial charge in [-0.1, -0.05) is 0 Å². The molecule has 0 bridgehead atoms. The number of nitrogens with one attached hydrogen (secondary N) is 2. The van der Waals surface area contributed by atoms with E-state index in [1.807, 2.05) is 4.72 Å². The van der Waals surface area contributed by atoms with Crippen LogP contribution < -0.4 is 10.0 Å². The Morgan fingerprint density at radius 1 is 1.36 bits per heavy atom. The number of rotatable bonds is 9. The number of anilines is 1. The lowest BCUT2D eigenvalue weighted by Crippen LogP contribution is -2.49. The fourth-order valence-corrected chi connectivity index (χ4v) is 2.75. The third kappa shape index (κ3) is 6.31. The maximum absolute atomic E-state index is 12.4. The predicted molar refractivity (Wildman–Crippen MR) is 96.4 cm³/mol. The number of carbonyl (C=O) groups is 1. The van der Waals surface area contributed by atoms with Gasteiger partial charge in [-0.05, 0) is 24.1 Å². The van der Waals surface area contributed by atoms with E-state index in [-0.39, 0.29) is 24.6 Å². The molecular weight excluding hydrogens is 390 g/mol. The fraction of sp³-hybridized carbons (Fsp3) is 0.375. The van der Waals surface area contributed by atoms with Crippen LogP contribution in [-0.4, -0.2) is 59.0 Å². The second-order valence-corrected chi connectivity index (χ2v) is 7.72. The molecule has 28 heavy (non-hydrogen) atoms. The predicted octanol–water partition coefficient (Wildman–Crippen LogP) is -0.582. The highest BCUT2D eigenvalue weighted by Gasteiger charge is 2.29. The molecule has 0 saturated carbocycles. The molecule has 0 aromatic carbocycles. The van der Waals surface area contributed by atoms with Crippen molar-refractivity contribution in [3.05, 3.63) is 42.0 Å². The first kappa shape index (κ1) is 21.3. The van der Waals surface area contributed by atoms with E-state index in [4.69, 9.17) is 9.68 Å². The molecule has 2 heterocycles. The Morgan fingerprint density at radius 2 is 2.04 bits per heavy atom. The largest absolute Gasteiger partial charge is 0.431 e. The normalized spacial score (nSPS) is 14.5. The molecule has 3 atom stereocenters. The Bertz CT molecular complexity index is 940. The molecule has 3 unspecified atom stereocenters. The van der Waals surface area contributed by atoms with Gasteiger partial charge in [-0.15, -0.1) is 0 Å². The van der Waals surface area contributed by atoms with E-state index >= 15 is 0 Å². The van der Waals surface area contributed by atoms with Crippen LogP contribution in [0.15, 0.2) is 35.2 Å². The standard InChI is InChI=1S/C16H19N5O6S/c1-28(25,26)21-16-20-12(9-27-16)15(24)19-11(14(23)13(22)2-5-17)8-10-3-6-18-7-4-10/h3-4,6-7,9,11,13-14,22-23H,2,8H2,1H3,(H,19,24)(H,20,21). The summed E-state index contributed by atoms with van der Waals surface area (Å²) in [5, 5.41) is 31.5. The minimum Gasteiger partial charge on any atom is -0.431 e. The van der Waals surface area contributed by atoms with Crippen LogP contribution in [0.25, 0.3) is 0 Å². The monoisotopic (exact) mass is 409 g/mol. The molecule has 0 saturated heterocycles. The number of nitriles is 1. The lowest BCUT2D eigenvalue weighted by atomic mass is 9.97. The molecule has 0 aliphatic carbocycles. The van der Waals surface area contributed by atoms with Crippen LogP contribution >= 0.6 is 0 Å². The summed E-state index contributed by atoms with van der Waals surface area (Å²) in [7, 11) is -3.63. The van der Waals surface area contributed by atoms with Gasteiger partial charge in [0, 0.05) is 12.4 Å². The van der Waals surface area contributed by atoms with Crippen molar-refractivity contribution in [1.82, 2.24) is 15.3 Å². The maximum Gasteiger partial charge on any atom is 0.309 e. The zero-order chi connectivity index (χ0) is 20.7. The molecule has 2 aromatic rings. The summed E-state index contributed by atoms with van der Waals surface area (Å²) in [6.45, 7) is 0. The van der Waals surface area contributed by atoms with E-state index in [1.54, 1.807) is 18.2 Å². The van der Waals surface area contributed by atoms with Gasteiger partial charge in [-0.2, -0.15) is 10.2 Å². The summed E-state index contributed by atoms with van der Waals surface area (Å²) < 4.78 is 29.2. The Hall–Kier alpha value is -3.01. The van der Waals surface area contributed by atoms with E-state index < -0.39 is 34.2 Å². The lowest BCUT2D eigenvalue weighted by molar-refractivity contribution is -0.000387. The molecule has 0 aliphatic heterocycles. The van der Waals surface area contributed by atoms with Crippen LogP contribution in [0.2, 0.25) is 0 Å². The number of pyridine rings is 1. The number of aliphatic hydroxyl groups is 2. The number of hydrogen-bond acceptors (Lipinski definition) is 9. The molecular formula is C16H19N5O6S. The zero-order valence-corrected chi connectivity index (χ0v) is 15.6. The number of amides is 1. The van der Waals surface area contributed by atoms with Gasteiger partial charge < -0.3 is 19.9 Å². The van der Waals surface area contributed by atoms with Crippen LogP contribution in [-0.2, 0) is 16.4 Å². The Labute approximate surface area is 161 Å². The Balaban J connectivity index is 2.16. The fourth-order valence-electron chi connectivity index (χ4n) is 2.34. The first-order valence-electron chi connectivity index (χ1n) is 8.05. The van der Waals surface area contributed by atoms with Gasteiger partial charge in [0.1, 0.15) is 12.4 Å². The van der Waals surface area contributed by atoms with Gasteiger partial charge >= 0.3 is 6.01 Å². The number of carbonyl (C=O) groups excluding carboxylic acids is 1. The van der Waals surface area contributed by atoms with Gasteiger partial charge in [-0.3, -0.25) is 9.78 Å². The highest BCUT2D eigenvalue weighted by Crippen LogP contribution is 2.13. The van der Waals surface area contributed by atoms with E-state index in [9.17, 15) is 23.4 Å². The number of oxazole rings is 1. The molecule has 0 aliphatic rings. The number of aliphatic hydroxyl groups excluding tert-OH is 2. The van der Waals surface area contributed by atoms with Crippen LogP contribution in [0.4, 0.5) is 6.01 Å². The van der Waals surface area contributed by atoms with E-state index in [2.05, 4.69) is 15.3 Å². The third-order valence-corrected chi connectivity index (χ3v) is 4.18. The van der Waals surface area contributed by atoms with Crippen molar-refractivity contribution in [2.24, 2.45) is 0 Å². The van der Waals surface area contributed by atoms with E-state index in [0.29, 0.717) is 0 Å². The second kappa shape index (κ2) is 9.27. The van der Waals surface area contributed by atoms with Crippen molar-refractivity contribution >= 4 is 21.9 Å². The number of nitrogens with zero attached hydrogens (tertiary/aromatic N) is 3. The van der Waals surface area contributed by atoms with Gasteiger partial charge in [0.2, 0.25) is 10.0 Å². The summed E-state index contributed by atoms with van der Waals surface area (Å²) in [5.41, 5.74) is 0.496. The first-order valence-corrected chi connectivity index (χ1v) is 9.95. The summed E-state index contributed by atoms with van der Waals surface area (Å²) in [6, 6.07) is 3.76. The number of sulfonamides is 1. The van der Waals surface area contributed by atoms with Gasteiger partial charge in [0.25, 0.3) is 5.91 Å².